The Morgan fingerprint density at radius 3 is 2.57 bits per heavy atom. The summed E-state index contributed by atoms with van der Waals surface area (Å²) < 4.78 is 10.3. The van der Waals surface area contributed by atoms with E-state index in [0.717, 1.165) is 5.56 Å². The number of carbonyl (C=O) groups excluding carboxylic acids is 2. The summed E-state index contributed by atoms with van der Waals surface area (Å²) in [4.78, 5) is 28.2. The van der Waals surface area contributed by atoms with Crippen molar-refractivity contribution in [2.24, 2.45) is 0 Å². The van der Waals surface area contributed by atoms with E-state index in [1.54, 1.807) is 37.3 Å². The molecule has 120 valence electrons. The molecule has 0 unspecified atom stereocenters. The maximum Gasteiger partial charge on any atom is 0.362 e. The van der Waals surface area contributed by atoms with Crippen LogP contribution in [0.25, 0.3) is 6.08 Å². The maximum atomic E-state index is 12.3. The first-order chi connectivity index (χ1) is 11.1. The number of oxazole rings is 1. The van der Waals surface area contributed by atoms with Crippen molar-refractivity contribution in [1.29, 1.82) is 0 Å². The second-order valence-corrected chi connectivity index (χ2v) is 4.64. The number of hydrogen-bond acceptors (Lipinski definition) is 5. The van der Waals surface area contributed by atoms with Gasteiger partial charge < -0.3 is 9.15 Å². The number of anilines is 1. The molecule has 0 saturated heterocycles. The number of amides is 1. The first-order valence-corrected chi connectivity index (χ1v) is 7.29. The molecule has 0 saturated carbocycles. The lowest BCUT2D eigenvalue weighted by Gasteiger charge is -2.04. The highest BCUT2D eigenvalue weighted by atomic mass is 16.5. The number of aryl methyl sites for hydroxylation is 1. The molecular formula is C17H18N2O4. The lowest BCUT2D eigenvalue weighted by Crippen LogP contribution is -2.15. The summed E-state index contributed by atoms with van der Waals surface area (Å²) in [5.74, 6) is -0.679. The highest BCUT2D eigenvalue weighted by Crippen LogP contribution is 2.20. The molecular weight excluding hydrogens is 296 g/mol. The van der Waals surface area contributed by atoms with Crippen molar-refractivity contribution in [3.05, 3.63) is 53.6 Å². The van der Waals surface area contributed by atoms with Crippen molar-refractivity contribution in [2.45, 2.75) is 20.3 Å². The Morgan fingerprint density at radius 2 is 2.00 bits per heavy atom. The topological polar surface area (TPSA) is 81.4 Å². The van der Waals surface area contributed by atoms with Gasteiger partial charge in [-0.25, -0.2) is 9.78 Å². The zero-order chi connectivity index (χ0) is 16.8. The van der Waals surface area contributed by atoms with Gasteiger partial charge in [-0.1, -0.05) is 31.7 Å². The average Bonchev–Trinajstić information content (AvgIpc) is 2.98. The third kappa shape index (κ3) is 3.85. The van der Waals surface area contributed by atoms with E-state index in [4.69, 9.17) is 9.15 Å². The Bertz CT molecular complexity index is 717. The lowest BCUT2D eigenvalue weighted by atomic mass is 10.1. The highest BCUT2D eigenvalue weighted by Gasteiger charge is 2.22. The number of nitrogens with one attached hydrogen (secondary N) is 1. The molecule has 1 aromatic heterocycles. The second-order valence-electron chi connectivity index (χ2n) is 4.64. The first-order valence-electron chi connectivity index (χ1n) is 7.29. The van der Waals surface area contributed by atoms with Crippen LogP contribution >= 0.6 is 0 Å². The second kappa shape index (κ2) is 7.40. The maximum absolute atomic E-state index is 12.3. The van der Waals surface area contributed by atoms with E-state index in [1.807, 2.05) is 6.92 Å². The molecule has 0 spiro atoms. The van der Waals surface area contributed by atoms with Crippen molar-refractivity contribution in [2.75, 3.05) is 11.9 Å². The number of rotatable bonds is 6. The quantitative estimate of drug-likeness (QED) is 0.827. The summed E-state index contributed by atoms with van der Waals surface area (Å²) in [7, 11) is 0. The molecule has 0 fully saturated rings. The number of carbonyl (C=O) groups is 2. The van der Waals surface area contributed by atoms with E-state index >= 15 is 0 Å². The summed E-state index contributed by atoms with van der Waals surface area (Å²) in [5.41, 5.74) is 1.31. The standard InChI is InChI=1S/C17H18N2O4/c1-4-11-7-9-12(10-8-11)15(20)19-16-14(17(21)22-6-3)18-13(5-2)23-16/h4,7-10H,1,5-6H2,2-3H3,(H,19,20). The Balaban J connectivity index is 2.23. The molecule has 0 aliphatic carbocycles. The summed E-state index contributed by atoms with van der Waals surface area (Å²) in [6, 6.07) is 6.86. The zero-order valence-corrected chi connectivity index (χ0v) is 13.1. The van der Waals surface area contributed by atoms with Crippen LogP contribution in [-0.2, 0) is 11.2 Å². The number of ether oxygens (including phenoxy) is 1. The molecule has 0 aliphatic rings. The van der Waals surface area contributed by atoms with Crippen molar-refractivity contribution >= 4 is 23.8 Å². The monoisotopic (exact) mass is 314 g/mol. The van der Waals surface area contributed by atoms with Gasteiger partial charge in [0.25, 0.3) is 5.91 Å². The number of nitrogens with zero attached hydrogens (tertiary/aromatic N) is 1. The van der Waals surface area contributed by atoms with Crippen LogP contribution in [0, 0.1) is 0 Å². The predicted octanol–water partition coefficient (Wildman–Crippen LogP) is 3.31. The Hall–Kier alpha value is -2.89. The Morgan fingerprint density at radius 1 is 1.30 bits per heavy atom. The molecule has 0 atom stereocenters. The van der Waals surface area contributed by atoms with Gasteiger partial charge >= 0.3 is 5.97 Å². The zero-order valence-electron chi connectivity index (χ0n) is 13.1. The van der Waals surface area contributed by atoms with E-state index in [0.29, 0.717) is 17.9 Å². The van der Waals surface area contributed by atoms with Crippen LogP contribution in [0.2, 0.25) is 0 Å². The smallest absolute Gasteiger partial charge is 0.362 e. The minimum absolute atomic E-state index is 0.00176. The van der Waals surface area contributed by atoms with Gasteiger partial charge in [-0.15, -0.1) is 0 Å². The highest BCUT2D eigenvalue weighted by molar-refractivity contribution is 6.06. The van der Waals surface area contributed by atoms with E-state index in [9.17, 15) is 9.59 Å². The fraction of sp³-hybridized carbons (Fsp3) is 0.235. The minimum Gasteiger partial charge on any atom is -0.461 e. The molecule has 0 bridgehead atoms. The SMILES string of the molecule is C=Cc1ccc(C(=O)Nc2oc(CC)nc2C(=O)OCC)cc1. The molecule has 0 radical (unpaired) electrons. The summed E-state index contributed by atoms with van der Waals surface area (Å²) in [6.45, 7) is 7.40. The third-order valence-corrected chi connectivity index (χ3v) is 3.08. The van der Waals surface area contributed by atoms with Gasteiger partial charge in [0.15, 0.2) is 5.89 Å². The van der Waals surface area contributed by atoms with Crippen LogP contribution in [0.1, 0.15) is 46.1 Å². The number of esters is 1. The van der Waals surface area contributed by atoms with E-state index in [1.165, 1.54) is 0 Å². The van der Waals surface area contributed by atoms with Crippen LogP contribution in [0.3, 0.4) is 0 Å². The molecule has 2 rings (SSSR count). The van der Waals surface area contributed by atoms with Crippen LogP contribution in [0.4, 0.5) is 5.88 Å². The van der Waals surface area contributed by atoms with Gasteiger partial charge in [-0.3, -0.25) is 10.1 Å². The lowest BCUT2D eigenvalue weighted by molar-refractivity contribution is 0.0521. The third-order valence-electron chi connectivity index (χ3n) is 3.08. The van der Waals surface area contributed by atoms with Gasteiger partial charge in [-0.05, 0) is 24.6 Å². The van der Waals surface area contributed by atoms with Gasteiger partial charge in [0.1, 0.15) is 0 Å². The molecule has 23 heavy (non-hydrogen) atoms. The molecule has 1 heterocycles. The molecule has 0 aliphatic heterocycles. The number of aromatic nitrogens is 1. The van der Waals surface area contributed by atoms with E-state index < -0.39 is 11.9 Å². The number of hydrogen-bond donors (Lipinski definition) is 1. The normalized spacial score (nSPS) is 10.2. The molecule has 6 nitrogen and oxygen atoms in total. The van der Waals surface area contributed by atoms with Crippen molar-refractivity contribution in [3.63, 3.8) is 0 Å². The van der Waals surface area contributed by atoms with Gasteiger partial charge in [0.05, 0.1) is 6.61 Å². The summed E-state index contributed by atoms with van der Waals surface area (Å²) >= 11 is 0. The molecule has 1 aromatic carbocycles. The van der Waals surface area contributed by atoms with Crippen LogP contribution in [0.15, 0.2) is 35.3 Å². The molecule has 2 aromatic rings. The fourth-order valence-electron chi connectivity index (χ4n) is 1.88. The summed E-state index contributed by atoms with van der Waals surface area (Å²) in [5, 5.41) is 2.56. The van der Waals surface area contributed by atoms with Crippen LogP contribution < -0.4 is 5.32 Å². The number of benzene rings is 1. The minimum atomic E-state index is -0.631. The average molecular weight is 314 g/mol. The predicted molar refractivity (Wildman–Crippen MR) is 86.3 cm³/mol. The van der Waals surface area contributed by atoms with Crippen molar-refractivity contribution < 1.29 is 18.7 Å². The van der Waals surface area contributed by atoms with Crippen LogP contribution in [0.5, 0.6) is 0 Å². The van der Waals surface area contributed by atoms with Crippen molar-refractivity contribution in [3.8, 4) is 0 Å². The molecule has 1 amide bonds. The van der Waals surface area contributed by atoms with Crippen molar-refractivity contribution in [1.82, 2.24) is 4.98 Å². The fourth-order valence-corrected chi connectivity index (χ4v) is 1.88. The first kappa shape index (κ1) is 16.5. The molecule has 1 N–H and O–H groups in total. The van der Waals surface area contributed by atoms with Gasteiger partial charge in [-0.2, -0.15) is 0 Å². The van der Waals surface area contributed by atoms with Gasteiger partial charge in [0.2, 0.25) is 11.6 Å². The summed E-state index contributed by atoms with van der Waals surface area (Å²) in [6.07, 6.45) is 2.18. The largest absolute Gasteiger partial charge is 0.461 e. The van der Waals surface area contributed by atoms with E-state index in [2.05, 4.69) is 16.9 Å². The van der Waals surface area contributed by atoms with Crippen LogP contribution in [-0.4, -0.2) is 23.5 Å². The Kier molecular flexibility index (Phi) is 5.30. The van der Waals surface area contributed by atoms with E-state index in [-0.39, 0.29) is 18.2 Å². The van der Waals surface area contributed by atoms with Gasteiger partial charge in [0, 0.05) is 12.0 Å². The Labute approximate surface area is 134 Å². The molecule has 6 heteroatoms.